The van der Waals surface area contributed by atoms with E-state index in [9.17, 15) is 9.59 Å². The van der Waals surface area contributed by atoms with Crippen molar-refractivity contribution in [3.63, 3.8) is 0 Å². The molecule has 0 unspecified atom stereocenters. The van der Waals surface area contributed by atoms with Crippen molar-refractivity contribution in [3.05, 3.63) is 17.3 Å². The van der Waals surface area contributed by atoms with E-state index >= 15 is 0 Å². The van der Waals surface area contributed by atoms with Crippen molar-refractivity contribution in [2.45, 2.75) is 45.6 Å². The summed E-state index contributed by atoms with van der Waals surface area (Å²) in [6, 6.07) is 0.107. The lowest BCUT2D eigenvalue weighted by Crippen LogP contribution is -2.47. The van der Waals surface area contributed by atoms with E-state index in [1.165, 1.54) is 0 Å². The molecule has 1 fully saturated rings. The third-order valence-electron chi connectivity index (χ3n) is 4.08. The molecule has 1 aromatic heterocycles. The summed E-state index contributed by atoms with van der Waals surface area (Å²) in [4.78, 5) is 30.1. The van der Waals surface area contributed by atoms with Crippen LogP contribution in [0.3, 0.4) is 0 Å². The number of oxazole rings is 1. The number of carbonyl (C=O) groups is 2. The lowest BCUT2D eigenvalue weighted by Gasteiger charge is -2.31. The van der Waals surface area contributed by atoms with Gasteiger partial charge in [0, 0.05) is 32.1 Å². The van der Waals surface area contributed by atoms with Crippen LogP contribution in [-0.2, 0) is 4.79 Å². The molecule has 0 atom stereocenters. The van der Waals surface area contributed by atoms with E-state index in [0.29, 0.717) is 23.9 Å². The van der Waals surface area contributed by atoms with E-state index in [4.69, 9.17) is 4.42 Å². The Morgan fingerprint density at radius 2 is 2.00 bits per heavy atom. The van der Waals surface area contributed by atoms with Gasteiger partial charge in [0.25, 0.3) is 5.91 Å². The monoisotopic (exact) mass is 322 g/mol. The normalized spacial score (nSPS) is 16.6. The molecule has 0 spiro atoms. The maximum Gasteiger partial charge on any atom is 0.289 e. The van der Waals surface area contributed by atoms with Gasteiger partial charge in [0.05, 0.1) is 12.2 Å². The number of aryl methyl sites for hydroxylation is 1. The van der Waals surface area contributed by atoms with Crippen molar-refractivity contribution in [2.24, 2.45) is 0 Å². The van der Waals surface area contributed by atoms with Crippen LogP contribution in [0.4, 0.5) is 0 Å². The standard InChI is InChI=1S/C16H26N4O3/c1-10(2)16-18-11(3)14(23-16)15(22)19-12-5-7-20(8-6-12)9-13(21)17-4/h10,12H,5-9H2,1-4H3,(H,17,21)(H,19,22). The van der Waals surface area contributed by atoms with Gasteiger partial charge in [0.2, 0.25) is 11.7 Å². The van der Waals surface area contributed by atoms with Crippen molar-refractivity contribution in [1.82, 2.24) is 20.5 Å². The summed E-state index contributed by atoms with van der Waals surface area (Å²) in [6.45, 7) is 7.76. The Morgan fingerprint density at radius 3 is 2.52 bits per heavy atom. The Kier molecular flexibility index (Phi) is 5.76. The van der Waals surface area contributed by atoms with Crippen LogP contribution in [0.2, 0.25) is 0 Å². The van der Waals surface area contributed by atoms with E-state index in [-0.39, 0.29) is 23.8 Å². The number of piperidine rings is 1. The van der Waals surface area contributed by atoms with Gasteiger partial charge in [-0.15, -0.1) is 0 Å². The first kappa shape index (κ1) is 17.5. The number of amides is 2. The minimum absolute atomic E-state index is 0.0194. The highest BCUT2D eigenvalue weighted by molar-refractivity contribution is 5.92. The predicted molar refractivity (Wildman–Crippen MR) is 86.3 cm³/mol. The van der Waals surface area contributed by atoms with Crippen LogP contribution >= 0.6 is 0 Å². The van der Waals surface area contributed by atoms with Crippen molar-refractivity contribution in [3.8, 4) is 0 Å². The third-order valence-corrected chi connectivity index (χ3v) is 4.08. The van der Waals surface area contributed by atoms with Crippen LogP contribution in [0, 0.1) is 6.92 Å². The van der Waals surface area contributed by atoms with Crippen molar-refractivity contribution in [1.29, 1.82) is 0 Å². The Bertz CT molecular complexity index is 560. The average Bonchev–Trinajstić information content (AvgIpc) is 2.91. The molecule has 128 valence electrons. The number of nitrogens with one attached hydrogen (secondary N) is 2. The topological polar surface area (TPSA) is 87.5 Å². The molecule has 0 bridgehead atoms. The number of hydrogen-bond donors (Lipinski definition) is 2. The molecule has 7 heteroatoms. The summed E-state index contributed by atoms with van der Waals surface area (Å²) in [5.74, 6) is 0.871. The molecule has 2 heterocycles. The van der Waals surface area contributed by atoms with Crippen molar-refractivity contribution < 1.29 is 14.0 Å². The summed E-state index contributed by atoms with van der Waals surface area (Å²) in [6.07, 6.45) is 1.65. The van der Waals surface area contributed by atoms with Crippen molar-refractivity contribution >= 4 is 11.8 Å². The molecule has 0 saturated carbocycles. The van der Waals surface area contributed by atoms with Crippen LogP contribution in [0.25, 0.3) is 0 Å². The van der Waals surface area contributed by atoms with E-state index < -0.39 is 0 Å². The second kappa shape index (κ2) is 7.59. The zero-order valence-electron chi connectivity index (χ0n) is 14.3. The van der Waals surface area contributed by atoms with Crippen LogP contribution in [0.5, 0.6) is 0 Å². The SMILES string of the molecule is CNC(=O)CN1CCC(NC(=O)c2oc(C(C)C)nc2C)CC1. The minimum Gasteiger partial charge on any atom is -0.435 e. The highest BCUT2D eigenvalue weighted by Gasteiger charge is 2.25. The zero-order valence-corrected chi connectivity index (χ0v) is 14.3. The first-order valence-corrected chi connectivity index (χ1v) is 8.11. The zero-order chi connectivity index (χ0) is 17.0. The molecular weight excluding hydrogens is 296 g/mol. The summed E-state index contributed by atoms with van der Waals surface area (Å²) < 4.78 is 5.58. The molecule has 2 N–H and O–H groups in total. The summed E-state index contributed by atoms with van der Waals surface area (Å²) in [5.41, 5.74) is 0.628. The molecule has 0 aromatic carbocycles. The van der Waals surface area contributed by atoms with Crippen LogP contribution in [0.15, 0.2) is 4.42 Å². The molecule has 23 heavy (non-hydrogen) atoms. The van der Waals surface area contributed by atoms with Crippen molar-refractivity contribution in [2.75, 3.05) is 26.7 Å². The van der Waals surface area contributed by atoms with E-state index in [2.05, 4.69) is 20.5 Å². The van der Waals surface area contributed by atoms with Gasteiger partial charge in [0.15, 0.2) is 5.89 Å². The van der Waals surface area contributed by atoms with Gasteiger partial charge in [-0.05, 0) is 19.8 Å². The van der Waals surface area contributed by atoms with Gasteiger partial charge in [-0.3, -0.25) is 14.5 Å². The fourth-order valence-corrected chi connectivity index (χ4v) is 2.64. The molecule has 7 nitrogen and oxygen atoms in total. The fraction of sp³-hybridized carbons (Fsp3) is 0.688. The Labute approximate surface area is 136 Å². The quantitative estimate of drug-likeness (QED) is 0.846. The molecule has 2 rings (SSSR count). The lowest BCUT2D eigenvalue weighted by molar-refractivity contribution is -0.122. The predicted octanol–water partition coefficient (Wildman–Crippen LogP) is 1.05. The number of hydrogen-bond acceptors (Lipinski definition) is 5. The molecule has 0 aliphatic carbocycles. The maximum atomic E-state index is 12.4. The average molecular weight is 322 g/mol. The number of rotatable bonds is 5. The summed E-state index contributed by atoms with van der Waals surface area (Å²) >= 11 is 0. The molecule has 0 radical (unpaired) electrons. The Hall–Kier alpha value is -1.89. The number of nitrogens with zero attached hydrogens (tertiary/aromatic N) is 2. The van der Waals surface area contributed by atoms with Gasteiger partial charge < -0.3 is 15.1 Å². The Morgan fingerprint density at radius 1 is 1.35 bits per heavy atom. The van der Waals surface area contributed by atoms with E-state index in [1.807, 2.05) is 13.8 Å². The summed E-state index contributed by atoms with van der Waals surface area (Å²) in [5, 5.41) is 5.64. The molecule has 2 amide bonds. The number of likely N-dealkylation sites (tertiary alicyclic amines) is 1. The lowest BCUT2D eigenvalue weighted by atomic mass is 10.0. The molecule has 1 aliphatic heterocycles. The first-order chi connectivity index (χ1) is 10.9. The van der Waals surface area contributed by atoms with Crippen LogP contribution in [0.1, 0.15) is 54.7 Å². The number of likely N-dealkylation sites (N-methyl/N-ethyl adjacent to an activating group) is 1. The molecule has 1 saturated heterocycles. The number of carbonyl (C=O) groups excluding carboxylic acids is 2. The second-order valence-electron chi connectivity index (χ2n) is 6.32. The summed E-state index contributed by atoms with van der Waals surface area (Å²) in [7, 11) is 1.64. The fourth-order valence-electron chi connectivity index (χ4n) is 2.64. The maximum absolute atomic E-state index is 12.4. The van der Waals surface area contributed by atoms with E-state index in [1.54, 1.807) is 14.0 Å². The van der Waals surface area contributed by atoms with Gasteiger partial charge >= 0.3 is 0 Å². The largest absolute Gasteiger partial charge is 0.435 e. The molecule has 1 aromatic rings. The second-order valence-corrected chi connectivity index (χ2v) is 6.32. The highest BCUT2D eigenvalue weighted by atomic mass is 16.4. The van der Waals surface area contributed by atoms with Gasteiger partial charge in [0.1, 0.15) is 0 Å². The Balaban J connectivity index is 1.86. The van der Waals surface area contributed by atoms with Gasteiger partial charge in [-0.2, -0.15) is 0 Å². The van der Waals surface area contributed by atoms with Gasteiger partial charge in [-0.25, -0.2) is 4.98 Å². The minimum atomic E-state index is -0.202. The molecular formula is C16H26N4O3. The van der Waals surface area contributed by atoms with E-state index in [0.717, 1.165) is 25.9 Å². The number of aromatic nitrogens is 1. The van der Waals surface area contributed by atoms with Crippen LogP contribution < -0.4 is 10.6 Å². The highest BCUT2D eigenvalue weighted by Crippen LogP contribution is 2.18. The smallest absolute Gasteiger partial charge is 0.289 e. The third kappa shape index (κ3) is 4.54. The van der Waals surface area contributed by atoms with Gasteiger partial charge in [-0.1, -0.05) is 13.8 Å². The van der Waals surface area contributed by atoms with Crippen LogP contribution in [-0.4, -0.2) is 54.4 Å². The first-order valence-electron chi connectivity index (χ1n) is 8.11. The molecule has 1 aliphatic rings.